The van der Waals surface area contributed by atoms with Crippen molar-refractivity contribution in [3.8, 4) is 11.4 Å². The first-order chi connectivity index (χ1) is 14.1. The molecule has 2 fully saturated rings. The van der Waals surface area contributed by atoms with Crippen LogP contribution < -0.4 is 16.1 Å². The van der Waals surface area contributed by atoms with Gasteiger partial charge in [0.2, 0.25) is 17.6 Å². The number of hydrogen-bond acceptors (Lipinski definition) is 7. The minimum Gasteiger partial charge on any atom is -0.338 e. The van der Waals surface area contributed by atoms with Crippen LogP contribution in [-0.4, -0.2) is 46.9 Å². The lowest BCUT2D eigenvalue weighted by molar-refractivity contribution is -0.119. The molecule has 1 amide bonds. The van der Waals surface area contributed by atoms with Crippen LogP contribution in [0.2, 0.25) is 5.02 Å². The van der Waals surface area contributed by atoms with Gasteiger partial charge in [0.05, 0.1) is 10.9 Å². The van der Waals surface area contributed by atoms with Crippen molar-refractivity contribution in [3.63, 3.8) is 0 Å². The highest BCUT2D eigenvalue weighted by Gasteiger charge is 2.44. The molecule has 3 N–H and O–H groups in total. The Hall–Kier alpha value is -2.49. The van der Waals surface area contributed by atoms with Gasteiger partial charge in [-0.3, -0.25) is 9.80 Å². The minimum absolute atomic E-state index is 0.00106. The van der Waals surface area contributed by atoms with Crippen molar-refractivity contribution in [2.75, 3.05) is 19.6 Å². The fourth-order valence-corrected chi connectivity index (χ4v) is 4.37. The number of amides is 1. The second-order valence-corrected chi connectivity index (χ2v) is 7.88. The average molecular weight is 419 g/mol. The predicted octanol–water partition coefficient (Wildman–Crippen LogP) is 1.77. The number of fused-ring (bicyclic) bond motifs is 1. The van der Waals surface area contributed by atoms with E-state index in [2.05, 4.69) is 26.2 Å². The maximum Gasteiger partial charge on any atom is 0.247 e. The van der Waals surface area contributed by atoms with Crippen LogP contribution in [0.5, 0.6) is 0 Å². The fraction of sp³-hybridized carbons (Fsp3) is 0.421. The molecule has 1 aromatic carbocycles. The molecule has 0 radical (unpaired) electrons. The standard InChI is InChI=1S/C19H20ClFN6O2/c20-13-7-11(1-2-14(13)21)17-25-19(29-26-17)12-9-23-27-15(8-16(28)24-18(12)27)10-3-5-22-6-4-10/h1-2,7-8,10,12,18,22-23H,3-6,9H2,(H,24,28). The highest BCUT2D eigenvalue weighted by molar-refractivity contribution is 6.31. The summed E-state index contributed by atoms with van der Waals surface area (Å²) in [5.41, 5.74) is 4.95. The second kappa shape index (κ2) is 7.40. The Morgan fingerprint density at radius 1 is 1.28 bits per heavy atom. The van der Waals surface area contributed by atoms with E-state index < -0.39 is 5.82 Å². The van der Waals surface area contributed by atoms with Gasteiger partial charge in [0.1, 0.15) is 12.0 Å². The summed E-state index contributed by atoms with van der Waals surface area (Å²) in [4.78, 5) is 16.8. The molecule has 0 saturated carbocycles. The Morgan fingerprint density at radius 2 is 2.10 bits per heavy atom. The van der Waals surface area contributed by atoms with Gasteiger partial charge in [0.25, 0.3) is 0 Å². The van der Waals surface area contributed by atoms with E-state index in [4.69, 9.17) is 16.1 Å². The van der Waals surface area contributed by atoms with E-state index in [9.17, 15) is 9.18 Å². The molecule has 3 aliphatic heterocycles. The Balaban J connectivity index is 1.39. The third kappa shape index (κ3) is 3.39. The lowest BCUT2D eigenvalue weighted by Crippen LogP contribution is -2.53. The normalized spacial score (nSPS) is 25.0. The predicted molar refractivity (Wildman–Crippen MR) is 103 cm³/mol. The first-order valence-corrected chi connectivity index (χ1v) is 10.0. The largest absolute Gasteiger partial charge is 0.338 e. The number of carbonyl (C=O) groups is 1. The van der Waals surface area contributed by atoms with Gasteiger partial charge in [0, 0.05) is 29.8 Å². The molecule has 5 rings (SSSR count). The van der Waals surface area contributed by atoms with Crippen LogP contribution in [0.4, 0.5) is 4.39 Å². The molecule has 4 heterocycles. The number of halogens is 2. The summed E-state index contributed by atoms with van der Waals surface area (Å²) in [6.45, 7) is 2.44. The Labute approximate surface area is 171 Å². The van der Waals surface area contributed by atoms with Crippen LogP contribution >= 0.6 is 11.6 Å². The molecule has 1 aromatic heterocycles. The van der Waals surface area contributed by atoms with E-state index in [1.165, 1.54) is 12.1 Å². The average Bonchev–Trinajstić information content (AvgIpc) is 3.37. The van der Waals surface area contributed by atoms with E-state index in [0.717, 1.165) is 31.6 Å². The van der Waals surface area contributed by atoms with Crippen molar-refractivity contribution in [1.82, 2.24) is 31.2 Å². The number of hydrazine groups is 1. The Morgan fingerprint density at radius 3 is 2.90 bits per heavy atom. The zero-order chi connectivity index (χ0) is 20.0. The molecule has 2 saturated heterocycles. The van der Waals surface area contributed by atoms with Crippen LogP contribution in [0.1, 0.15) is 24.7 Å². The number of benzene rings is 1. The number of aromatic nitrogens is 2. The van der Waals surface area contributed by atoms with Crippen molar-refractivity contribution >= 4 is 17.5 Å². The molecule has 10 heteroatoms. The Bertz CT molecular complexity index is 973. The van der Waals surface area contributed by atoms with Crippen molar-refractivity contribution in [2.45, 2.75) is 24.9 Å². The molecular weight excluding hydrogens is 399 g/mol. The highest BCUT2D eigenvalue weighted by Crippen LogP contribution is 2.35. The number of nitrogens with zero attached hydrogens (tertiary/aromatic N) is 3. The van der Waals surface area contributed by atoms with E-state index in [0.29, 0.717) is 29.7 Å². The lowest BCUT2D eigenvalue weighted by Gasteiger charge is -2.38. The maximum absolute atomic E-state index is 13.4. The smallest absolute Gasteiger partial charge is 0.247 e. The van der Waals surface area contributed by atoms with Gasteiger partial charge in [-0.2, -0.15) is 4.98 Å². The van der Waals surface area contributed by atoms with Crippen molar-refractivity contribution in [3.05, 3.63) is 46.7 Å². The van der Waals surface area contributed by atoms with Gasteiger partial charge in [0.15, 0.2) is 0 Å². The number of rotatable bonds is 3. The maximum atomic E-state index is 13.4. The second-order valence-electron chi connectivity index (χ2n) is 7.47. The van der Waals surface area contributed by atoms with E-state index in [1.807, 2.05) is 5.01 Å². The molecule has 152 valence electrons. The third-order valence-electron chi connectivity index (χ3n) is 5.68. The topological polar surface area (TPSA) is 95.3 Å². The molecule has 29 heavy (non-hydrogen) atoms. The van der Waals surface area contributed by atoms with Gasteiger partial charge in [-0.1, -0.05) is 16.8 Å². The third-order valence-corrected chi connectivity index (χ3v) is 5.97. The number of hydrogen-bond donors (Lipinski definition) is 3. The van der Waals surface area contributed by atoms with Gasteiger partial charge in [-0.25, -0.2) is 9.82 Å². The van der Waals surface area contributed by atoms with Crippen molar-refractivity contribution in [1.29, 1.82) is 0 Å². The van der Waals surface area contributed by atoms with Crippen LogP contribution in [0.3, 0.4) is 0 Å². The molecule has 0 spiro atoms. The molecule has 8 nitrogen and oxygen atoms in total. The summed E-state index contributed by atoms with van der Waals surface area (Å²) in [5, 5.41) is 12.4. The molecule has 2 aromatic rings. The molecule has 0 aliphatic carbocycles. The highest BCUT2D eigenvalue weighted by atomic mass is 35.5. The summed E-state index contributed by atoms with van der Waals surface area (Å²) in [5.74, 6) is 0.247. The zero-order valence-corrected chi connectivity index (χ0v) is 16.2. The Kier molecular flexibility index (Phi) is 4.73. The number of carbonyl (C=O) groups excluding carboxylic acids is 1. The zero-order valence-electron chi connectivity index (χ0n) is 15.5. The number of nitrogens with one attached hydrogen (secondary N) is 3. The molecule has 0 bridgehead atoms. The van der Waals surface area contributed by atoms with Crippen LogP contribution in [0, 0.1) is 11.7 Å². The molecule has 2 atom stereocenters. The first kappa shape index (κ1) is 18.5. The molecule has 2 unspecified atom stereocenters. The van der Waals surface area contributed by atoms with Gasteiger partial charge >= 0.3 is 0 Å². The van der Waals surface area contributed by atoms with Crippen molar-refractivity contribution < 1.29 is 13.7 Å². The SMILES string of the molecule is O=C1C=C(C2CCNCC2)N2NCC(c3nc(-c4ccc(F)c(Cl)c4)no3)C2N1. The summed E-state index contributed by atoms with van der Waals surface area (Å²) in [7, 11) is 0. The lowest BCUT2D eigenvalue weighted by atomic mass is 9.92. The minimum atomic E-state index is -0.503. The monoisotopic (exact) mass is 418 g/mol. The van der Waals surface area contributed by atoms with Crippen molar-refractivity contribution in [2.24, 2.45) is 5.92 Å². The van der Waals surface area contributed by atoms with Gasteiger partial charge in [-0.05, 0) is 44.1 Å². The summed E-state index contributed by atoms with van der Waals surface area (Å²) in [6.07, 6.45) is 3.36. The number of allylic oxidation sites excluding steroid dienone is 1. The summed E-state index contributed by atoms with van der Waals surface area (Å²) >= 11 is 5.86. The van der Waals surface area contributed by atoms with Crippen LogP contribution in [0.15, 0.2) is 34.5 Å². The number of piperidine rings is 1. The summed E-state index contributed by atoms with van der Waals surface area (Å²) < 4.78 is 18.9. The van der Waals surface area contributed by atoms with Crippen LogP contribution in [-0.2, 0) is 4.79 Å². The van der Waals surface area contributed by atoms with Crippen LogP contribution in [0.25, 0.3) is 11.4 Å². The van der Waals surface area contributed by atoms with E-state index >= 15 is 0 Å². The van der Waals surface area contributed by atoms with E-state index in [1.54, 1.807) is 12.1 Å². The van der Waals surface area contributed by atoms with Gasteiger partial charge < -0.3 is 15.2 Å². The first-order valence-electron chi connectivity index (χ1n) is 9.65. The summed E-state index contributed by atoms with van der Waals surface area (Å²) in [6, 6.07) is 4.28. The van der Waals surface area contributed by atoms with E-state index in [-0.39, 0.29) is 23.0 Å². The fourth-order valence-electron chi connectivity index (χ4n) is 4.19. The van der Waals surface area contributed by atoms with Gasteiger partial charge in [-0.15, -0.1) is 0 Å². The molecular formula is C19H20ClFN6O2. The quantitative estimate of drug-likeness (QED) is 0.699. The molecule has 3 aliphatic rings.